The first-order valence-electron chi connectivity index (χ1n) is 6.55. The molecule has 0 heterocycles. The topological polar surface area (TPSA) is 50.7 Å². The van der Waals surface area contributed by atoms with Crippen LogP contribution >= 0.6 is 0 Å². The van der Waals surface area contributed by atoms with Crippen LogP contribution in [0, 0.1) is 0 Å². The first-order valence-corrected chi connectivity index (χ1v) is 6.55. The second kappa shape index (κ2) is 6.95. The molecule has 0 aliphatic carbocycles. The lowest BCUT2D eigenvalue weighted by atomic mass is 10.1. The molecule has 7 heteroatoms. The van der Waals surface area contributed by atoms with Crippen molar-refractivity contribution in [3.05, 3.63) is 65.2 Å². The van der Waals surface area contributed by atoms with Gasteiger partial charge in [0.05, 0.1) is 30.1 Å². The third-order valence-electron chi connectivity index (χ3n) is 2.95. The van der Waals surface area contributed by atoms with Crippen LogP contribution in [0.4, 0.5) is 18.9 Å². The van der Waals surface area contributed by atoms with Crippen molar-refractivity contribution in [2.24, 2.45) is 5.10 Å². The summed E-state index contributed by atoms with van der Waals surface area (Å²) in [4.78, 5) is 11.3. The molecule has 0 radical (unpaired) electrons. The lowest BCUT2D eigenvalue weighted by Crippen LogP contribution is -2.04. The number of methoxy groups -OCH3 is 1. The molecule has 2 aromatic rings. The van der Waals surface area contributed by atoms with Gasteiger partial charge in [-0.15, -0.1) is 0 Å². The van der Waals surface area contributed by atoms with Crippen LogP contribution in [0.2, 0.25) is 0 Å². The minimum atomic E-state index is -4.36. The van der Waals surface area contributed by atoms with Crippen LogP contribution in [-0.4, -0.2) is 19.3 Å². The van der Waals surface area contributed by atoms with E-state index in [9.17, 15) is 18.0 Å². The van der Waals surface area contributed by atoms with E-state index in [-0.39, 0.29) is 0 Å². The van der Waals surface area contributed by atoms with Crippen LogP contribution in [0.1, 0.15) is 21.5 Å². The zero-order valence-electron chi connectivity index (χ0n) is 12.1. The fourth-order valence-corrected chi connectivity index (χ4v) is 1.74. The number of hydrazone groups is 1. The van der Waals surface area contributed by atoms with Gasteiger partial charge in [0.2, 0.25) is 0 Å². The van der Waals surface area contributed by atoms with E-state index in [1.165, 1.54) is 25.5 Å². The number of esters is 1. The summed E-state index contributed by atoms with van der Waals surface area (Å²) in [6.45, 7) is 0. The Bertz CT molecular complexity index is 693. The number of anilines is 1. The van der Waals surface area contributed by atoms with Crippen LogP contribution < -0.4 is 5.43 Å². The molecule has 0 atom stereocenters. The molecule has 0 spiro atoms. The van der Waals surface area contributed by atoms with Gasteiger partial charge in [-0.3, -0.25) is 5.43 Å². The Morgan fingerprint density at radius 3 is 2.22 bits per heavy atom. The van der Waals surface area contributed by atoms with Crippen LogP contribution in [0.5, 0.6) is 0 Å². The molecule has 4 nitrogen and oxygen atoms in total. The highest BCUT2D eigenvalue weighted by Gasteiger charge is 2.29. The van der Waals surface area contributed by atoms with Crippen LogP contribution in [0.25, 0.3) is 0 Å². The number of rotatable bonds is 4. The average Bonchev–Trinajstić information content (AvgIpc) is 2.54. The molecule has 0 aromatic heterocycles. The summed E-state index contributed by atoms with van der Waals surface area (Å²) >= 11 is 0. The molecule has 2 aromatic carbocycles. The SMILES string of the molecule is COC(=O)c1ccc(C=NNc2ccc(C(F)(F)F)cc2)cc1. The van der Waals surface area contributed by atoms with E-state index in [1.807, 2.05) is 0 Å². The van der Waals surface area contributed by atoms with Crippen molar-refractivity contribution >= 4 is 17.9 Å². The summed E-state index contributed by atoms with van der Waals surface area (Å²) in [7, 11) is 1.30. The van der Waals surface area contributed by atoms with Crippen molar-refractivity contribution in [1.29, 1.82) is 0 Å². The van der Waals surface area contributed by atoms with Gasteiger partial charge < -0.3 is 4.74 Å². The monoisotopic (exact) mass is 322 g/mol. The van der Waals surface area contributed by atoms with E-state index in [0.29, 0.717) is 11.3 Å². The molecular weight excluding hydrogens is 309 g/mol. The molecule has 0 aliphatic rings. The maximum atomic E-state index is 12.4. The van der Waals surface area contributed by atoms with Crippen molar-refractivity contribution in [2.75, 3.05) is 12.5 Å². The molecule has 120 valence electrons. The van der Waals surface area contributed by atoms with Gasteiger partial charge in [-0.05, 0) is 42.0 Å². The van der Waals surface area contributed by atoms with Gasteiger partial charge in [-0.25, -0.2) is 4.79 Å². The Morgan fingerprint density at radius 2 is 1.70 bits per heavy atom. The molecule has 0 saturated carbocycles. The fraction of sp³-hybridized carbons (Fsp3) is 0.125. The van der Waals surface area contributed by atoms with Crippen molar-refractivity contribution in [3.8, 4) is 0 Å². The van der Waals surface area contributed by atoms with Gasteiger partial charge in [-0.2, -0.15) is 18.3 Å². The largest absolute Gasteiger partial charge is 0.465 e. The summed E-state index contributed by atoms with van der Waals surface area (Å²) in [6.07, 6.45) is -2.87. The summed E-state index contributed by atoms with van der Waals surface area (Å²) < 4.78 is 41.9. The zero-order chi connectivity index (χ0) is 16.9. The molecular formula is C16H13F3N2O2. The van der Waals surface area contributed by atoms with Gasteiger partial charge in [-0.1, -0.05) is 12.1 Å². The van der Waals surface area contributed by atoms with E-state index in [4.69, 9.17) is 0 Å². The van der Waals surface area contributed by atoms with E-state index in [1.54, 1.807) is 24.3 Å². The molecule has 0 aliphatic heterocycles. The van der Waals surface area contributed by atoms with Gasteiger partial charge in [0, 0.05) is 0 Å². The third-order valence-corrected chi connectivity index (χ3v) is 2.95. The summed E-state index contributed by atoms with van der Waals surface area (Å²) in [5.41, 5.74) is 3.48. The van der Waals surface area contributed by atoms with Crippen molar-refractivity contribution in [3.63, 3.8) is 0 Å². The number of hydrogen-bond acceptors (Lipinski definition) is 4. The third kappa shape index (κ3) is 4.57. The molecule has 2 rings (SSSR count). The van der Waals surface area contributed by atoms with Gasteiger partial charge in [0.25, 0.3) is 0 Å². The second-order valence-electron chi connectivity index (χ2n) is 4.56. The van der Waals surface area contributed by atoms with Gasteiger partial charge in [0.15, 0.2) is 0 Å². The Kier molecular flexibility index (Phi) is 5.00. The molecule has 0 bridgehead atoms. The number of halogens is 3. The normalized spacial score (nSPS) is 11.5. The van der Waals surface area contributed by atoms with Crippen LogP contribution in [0.3, 0.4) is 0 Å². The second-order valence-corrected chi connectivity index (χ2v) is 4.56. The number of nitrogens with one attached hydrogen (secondary N) is 1. The highest BCUT2D eigenvalue weighted by molar-refractivity contribution is 5.90. The number of carbonyl (C=O) groups excluding carboxylic acids is 1. The van der Waals surface area contributed by atoms with Gasteiger partial charge in [0.1, 0.15) is 0 Å². The Morgan fingerprint density at radius 1 is 1.09 bits per heavy atom. The minimum absolute atomic E-state index is 0.417. The van der Waals surface area contributed by atoms with Crippen molar-refractivity contribution < 1.29 is 22.7 Å². The summed E-state index contributed by atoms with van der Waals surface area (Å²) in [5, 5.41) is 3.93. The van der Waals surface area contributed by atoms with E-state index in [2.05, 4.69) is 15.3 Å². The first kappa shape index (κ1) is 16.5. The fourth-order valence-electron chi connectivity index (χ4n) is 1.74. The number of hydrogen-bond donors (Lipinski definition) is 1. The number of ether oxygens (including phenoxy) is 1. The Balaban J connectivity index is 1.97. The van der Waals surface area contributed by atoms with Gasteiger partial charge >= 0.3 is 12.1 Å². The van der Waals surface area contributed by atoms with E-state index in [0.717, 1.165) is 17.7 Å². The Labute approximate surface area is 130 Å². The predicted octanol–water partition coefficient (Wildman–Crippen LogP) is 3.94. The minimum Gasteiger partial charge on any atom is -0.465 e. The average molecular weight is 322 g/mol. The summed E-state index contributed by atoms with van der Waals surface area (Å²) in [6, 6.07) is 11.1. The predicted molar refractivity (Wildman–Crippen MR) is 80.4 cm³/mol. The highest BCUT2D eigenvalue weighted by Crippen LogP contribution is 2.29. The molecule has 23 heavy (non-hydrogen) atoms. The van der Waals surface area contributed by atoms with E-state index >= 15 is 0 Å². The maximum Gasteiger partial charge on any atom is 0.416 e. The molecule has 0 unspecified atom stereocenters. The first-order chi connectivity index (χ1) is 10.9. The lowest BCUT2D eigenvalue weighted by molar-refractivity contribution is -0.137. The quantitative estimate of drug-likeness (QED) is 0.527. The van der Waals surface area contributed by atoms with E-state index < -0.39 is 17.7 Å². The standard InChI is InChI=1S/C16H13F3N2O2/c1-23-15(22)12-4-2-11(3-5-12)10-20-21-14-8-6-13(7-9-14)16(17,18)19/h2-10,21H,1H3. The molecule has 1 N–H and O–H groups in total. The van der Waals surface area contributed by atoms with Crippen LogP contribution in [0.15, 0.2) is 53.6 Å². The smallest absolute Gasteiger partial charge is 0.416 e. The molecule has 0 saturated heterocycles. The number of carbonyl (C=O) groups is 1. The number of nitrogens with zero attached hydrogens (tertiary/aromatic N) is 1. The lowest BCUT2D eigenvalue weighted by Gasteiger charge is -2.07. The maximum absolute atomic E-state index is 12.4. The zero-order valence-corrected chi connectivity index (χ0v) is 12.1. The highest BCUT2D eigenvalue weighted by atomic mass is 19.4. The molecule has 0 amide bonds. The summed E-state index contributed by atoms with van der Waals surface area (Å²) in [5.74, 6) is -0.434. The van der Waals surface area contributed by atoms with Crippen LogP contribution in [-0.2, 0) is 10.9 Å². The number of alkyl halides is 3. The van der Waals surface area contributed by atoms with Crippen molar-refractivity contribution in [2.45, 2.75) is 6.18 Å². The van der Waals surface area contributed by atoms with Crippen molar-refractivity contribution in [1.82, 2.24) is 0 Å². The number of benzene rings is 2. The Hall–Kier alpha value is -2.83. The molecule has 0 fully saturated rings.